The van der Waals surface area contributed by atoms with Crippen LogP contribution in [0.4, 0.5) is 8.78 Å². The fourth-order valence-electron chi connectivity index (χ4n) is 1.91. The van der Waals surface area contributed by atoms with Gasteiger partial charge in [-0.2, -0.15) is 0 Å². The quantitative estimate of drug-likeness (QED) is 0.910. The van der Waals surface area contributed by atoms with Gasteiger partial charge in [-0.05, 0) is 42.3 Å². The molecule has 0 fully saturated rings. The Bertz CT molecular complexity index is 578. The summed E-state index contributed by atoms with van der Waals surface area (Å²) in [4.78, 5) is 11.9. The van der Waals surface area contributed by atoms with Crippen LogP contribution in [0.25, 0.3) is 0 Å². The van der Waals surface area contributed by atoms with Gasteiger partial charge in [0.2, 0.25) is 5.91 Å². The molecule has 2 aromatic carbocycles. The lowest BCUT2D eigenvalue weighted by molar-refractivity contribution is -0.121. The first-order valence-electron chi connectivity index (χ1n) is 6.34. The van der Waals surface area contributed by atoms with Crippen LogP contribution in [0.1, 0.15) is 24.1 Å². The van der Waals surface area contributed by atoms with Crippen LogP contribution in [-0.4, -0.2) is 5.91 Å². The third-order valence-electron chi connectivity index (χ3n) is 3.03. The fraction of sp³-hybridized carbons (Fsp3) is 0.188. The van der Waals surface area contributed by atoms with Crippen LogP contribution in [0.5, 0.6) is 0 Å². The van der Waals surface area contributed by atoms with Crippen molar-refractivity contribution in [3.8, 4) is 0 Å². The summed E-state index contributed by atoms with van der Waals surface area (Å²) in [6.45, 7) is 1.83. The number of hydrogen-bond acceptors (Lipinski definition) is 1. The Kier molecular flexibility index (Phi) is 4.45. The molecule has 0 saturated carbocycles. The highest BCUT2D eigenvalue weighted by Gasteiger charge is 2.10. The van der Waals surface area contributed by atoms with Crippen molar-refractivity contribution in [3.05, 3.63) is 71.3 Å². The monoisotopic (exact) mass is 275 g/mol. The Morgan fingerprint density at radius 2 is 1.50 bits per heavy atom. The average Bonchev–Trinajstić information content (AvgIpc) is 2.42. The van der Waals surface area contributed by atoms with E-state index in [0.717, 1.165) is 11.1 Å². The predicted molar refractivity (Wildman–Crippen MR) is 73.1 cm³/mol. The van der Waals surface area contributed by atoms with Gasteiger partial charge < -0.3 is 5.32 Å². The van der Waals surface area contributed by atoms with E-state index in [0.29, 0.717) is 0 Å². The summed E-state index contributed by atoms with van der Waals surface area (Å²) >= 11 is 0. The Labute approximate surface area is 116 Å². The van der Waals surface area contributed by atoms with Crippen LogP contribution >= 0.6 is 0 Å². The Morgan fingerprint density at radius 1 is 1.00 bits per heavy atom. The van der Waals surface area contributed by atoms with Gasteiger partial charge in [0.25, 0.3) is 0 Å². The van der Waals surface area contributed by atoms with Gasteiger partial charge in [0, 0.05) is 0 Å². The molecule has 0 aliphatic heterocycles. The molecule has 2 rings (SSSR count). The van der Waals surface area contributed by atoms with E-state index in [2.05, 4.69) is 5.32 Å². The molecule has 0 aliphatic rings. The topological polar surface area (TPSA) is 29.1 Å². The van der Waals surface area contributed by atoms with Crippen LogP contribution < -0.4 is 5.32 Å². The Balaban J connectivity index is 1.93. The molecule has 2 nitrogen and oxygen atoms in total. The number of halogens is 2. The number of carbonyl (C=O) groups excluding carboxylic acids is 1. The summed E-state index contributed by atoms with van der Waals surface area (Å²) in [6, 6.07) is 11.6. The number of amides is 1. The highest BCUT2D eigenvalue weighted by atomic mass is 19.1. The molecule has 0 radical (unpaired) electrons. The lowest BCUT2D eigenvalue weighted by Gasteiger charge is -2.14. The third kappa shape index (κ3) is 3.88. The summed E-state index contributed by atoms with van der Waals surface area (Å²) in [6.07, 6.45) is 0.186. The van der Waals surface area contributed by atoms with Crippen molar-refractivity contribution in [2.45, 2.75) is 19.4 Å². The number of benzene rings is 2. The largest absolute Gasteiger partial charge is 0.349 e. The van der Waals surface area contributed by atoms with E-state index in [9.17, 15) is 13.6 Å². The molecule has 1 amide bonds. The SMILES string of the molecule is C[C@@H](NC(=O)Cc1ccc(F)cc1)c1ccc(F)cc1. The third-order valence-corrected chi connectivity index (χ3v) is 3.03. The standard InChI is InChI=1S/C16H15F2NO/c1-11(13-4-8-15(18)9-5-13)19-16(20)10-12-2-6-14(17)7-3-12/h2-9,11H,10H2,1H3,(H,19,20)/t11-/m1/s1. The molecule has 0 aliphatic carbocycles. The molecule has 0 spiro atoms. The van der Waals surface area contributed by atoms with Crippen LogP contribution in [0, 0.1) is 11.6 Å². The number of nitrogens with one attached hydrogen (secondary N) is 1. The van der Waals surface area contributed by atoms with E-state index in [1.165, 1.54) is 24.3 Å². The van der Waals surface area contributed by atoms with Crippen molar-refractivity contribution in [3.63, 3.8) is 0 Å². The number of rotatable bonds is 4. The van der Waals surface area contributed by atoms with E-state index in [4.69, 9.17) is 0 Å². The molecule has 0 aromatic heterocycles. The van der Waals surface area contributed by atoms with Crippen LogP contribution in [-0.2, 0) is 11.2 Å². The van der Waals surface area contributed by atoms with E-state index in [-0.39, 0.29) is 30.0 Å². The van der Waals surface area contributed by atoms with Gasteiger partial charge in [0.05, 0.1) is 12.5 Å². The first-order valence-corrected chi connectivity index (χ1v) is 6.34. The van der Waals surface area contributed by atoms with E-state index in [1.54, 1.807) is 24.3 Å². The van der Waals surface area contributed by atoms with Crippen molar-refractivity contribution < 1.29 is 13.6 Å². The molecule has 0 saturated heterocycles. The molecule has 104 valence electrons. The summed E-state index contributed by atoms with van der Waals surface area (Å²) in [5, 5.41) is 2.82. The molecule has 0 unspecified atom stereocenters. The maximum Gasteiger partial charge on any atom is 0.224 e. The molecule has 0 heterocycles. The zero-order chi connectivity index (χ0) is 14.5. The summed E-state index contributed by atoms with van der Waals surface area (Å²) < 4.78 is 25.6. The normalized spacial score (nSPS) is 11.9. The molecule has 4 heteroatoms. The Morgan fingerprint density at radius 3 is 2.05 bits per heavy atom. The van der Waals surface area contributed by atoms with Crippen molar-refractivity contribution in [2.75, 3.05) is 0 Å². The molecule has 2 aromatic rings. The lowest BCUT2D eigenvalue weighted by Crippen LogP contribution is -2.28. The van der Waals surface area contributed by atoms with Crippen LogP contribution in [0.15, 0.2) is 48.5 Å². The average molecular weight is 275 g/mol. The number of carbonyl (C=O) groups is 1. The first-order chi connectivity index (χ1) is 9.54. The highest BCUT2D eigenvalue weighted by molar-refractivity contribution is 5.78. The molecule has 20 heavy (non-hydrogen) atoms. The minimum atomic E-state index is -0.325. The summed E-state index contributed by atoms with van der Waals surface area (Å²) in [7, 11) is 0. The van der Waals surface area contributed by atoms with Gasteiger partial charge in [0.15, 0.2) is 0 Å². The van der Waals surface area contributed by atoms with E-state index < -0.39 is 0 Å². The molecule has 0 bridgehead atoms. The first kappa shape index (κ1) is 14.2. The minimum Gasteiger partial charge on any atom is -0.349 e. The van der Waals surface area contributed by atoms with E-state index in [1.807, 2.05) is 6.92 Å². The smallest absolute Gasteiger partial charge is 0.224 e. The zero-order valence-corrected chi connectivity index (χ0v) is 11.1. The fourth-order valence-corrected chi connectivity index (χ4v) is 1.91. The lowest BCUT2D eigenvalue weighted by atomic mass is 10.1. The van der Waals surface area contributed by atoms with Gasteiger partial charge >= 0.3 is 0 Å². The molecular weight excluding hydrogens is 260 g/mol. The maximum absolute atomic E-state index is 12.8. The summed E-state index contributed by atoms with van der Waals surface area (Å²) in [5.74, 6) is -0.791. The van der Waals surface area contributed by atoms with Crippen molar-refractivity contribution in [1.82, 2.24) is 5.32 Å². The second kappa shape index (κ2) is 6.28. The van der Waals surface area contributed by atoms with E-state index >= 15 is 0 Å². The van der Waals surface area contributed by atoms with Gasteiger partial charge in [-0.3, -0.25) is 4.79 Å². The van der Waals surface area contributed by atoms with Gasteiger partial charge in [0.1, 0.15) is 11.6 Å². The van der Waals surface area contributed by atoms with Gasteiger partial charge in [-0.1, -0.05) is 24.3 Å². The maximum atomic E-state index is 12.8. The number of hydrogen-bond donors (Lipinski definition) is 1. The highest BCUT2D eigenvalue weighted by Crippen LogP contribution is 2.13. The van der Waals surface area contributed by atoms with Crippen molar-refractivity contribution in [2.24, 2.45) is 0 Å². The molecular formula is C16H15F2NO. The summed E-state index contributed by atoms with van der Waals surface area (Å²) in [5.41, 5.74) is 1.58. The van der Waals surface area contributed by atoms with Crippen LogP contribution in [0.2, 0.25) is 0 Å². The molecule has 1 atom stereocenters. The second-order valence-corrected chi connectivity index (χ2v) is 4.64. The van der Waals surface area contributed by atoms with Gasteiger partial charge in [-0.15, -0.1) is 0 Å². The van der Waals surface area contributed by atoms with Crippen molar-refractivity contribution >= 4 is 5.91 Å². The zero-order valence-electron chi connectivity index (χ0n) is 11.1. The second-order valence-electron chi connectivity index (χ2n) is 4.64. The van der Waals surface area contributed by atoms with Crippen LogP contribution in [0.3, 0.4) is 0 Å². The van der Waals surface area contributed by atoms with Crippen molar-refractivity contribution in [1.29, 1.82) is 0 Å². The predicted octanol–water partition coefficient (Wildman–Crippen LogP) is 3.38. The van der Waals surface area contributed by atoms with Gasteiger partial charge in [-0.25, -0.2) is 8.78 Å². The minimum absolute atomic E-state index is 0.159. The Hall–Kier alpha value is -2.23. The molecule has 1 N–H and O–H groups in total.